The van der Waals surface area contributed by atoms with Gasteiger partial charge in [-0.05, 0) is 48.6 Å². The summed E-state index contributed by atoms with van der Waals surface area (Å²) in [5.41, 5.74) is 8.25. The molecule has 3 rings (SSSR count). The number of aromatic nitrogens is 3. The smallest absolute Gasteiger partial charge is 0.257 e. The maximum absolute atomic E-state index is 12.9. The van der Waals surface area contributed by atoms with Crippen LogP contribution in [0.1, 0.15) is 41.7 Å². The zero-order valence-electron chi connectivity index (χ0n) is 15.7. The van der Waals surface area contributed by atoms with Crippen molar-refractivity contribution in [3.63, 3.8) is 0 Å². The lowest BCUT2D eigenvalue weighted by Gasteiger charge is -2.18. The first-order valence-electron chi connectivity index (χ1n) is 8.92. The summed E-state index contributed by atoms with van der Waals surface area (Å²) in [5.74, 6) is 0.0248. The van der Waals surface area contributed by atoms with Crippen LogP contribution in [0, 0.1) is 0 Å². The van der Waals surface area contributed by atoms with Gasteiger partial charge in [0.1, 0.15) is 11.4 Å². The normalized spacial score (nSPS) is 12.0. The van der Waals surface area contributed by atoms with Gasteiger partial charge >= 0.3 is 0 Å². The average Bonchev–Trinajstić information content (AvgIpc) is 3.09. The molecule has 0 saturated carbocycles. The molecule has 0 aliphatic rings. The monoisotopic (exact) mass is 415 g/mol. The standard InChI is InChI=1S/C20H22ClN5OS/c1-3-4-18(13-9-16(28-2)11-23-10-13)25-20(27)17-12-24-26(19(17)22)15-7-5-14(21)6-8-15/h5-12,18H,3-4,22H2,1-2H3,(H,25,27). The number of nitrogens with two attached hydrogens (primary N) is 1. The third-order valence-electron chi connectivity index (χ3n) is 4.38. The number of amides is 1. The summed E-state index contributed by atoms with van der Waals surface area (Å²) < 4.78 is 1.52. The Morgan fingerprint density at radius 2 is 2.04 bits per heavy atom. The molecule has 1 amide bonds. The molecular formula is C20H22ClN5OS. The van der Waals surface area contributed by atoms with Crippen LogP contribution in [0.25, 0.3) is 5.69 Å². The van der Waals surface area contributed by atoms with E-state index in [-0.39, 0.29) is 17.8 Å². The summed E-state index contributed by atoms with van der Waals surface area (Å²) in [6, 6.07) is 9.01. The van der Waals surface area contributed by atoms with Crippen LogP contribution < -0.4 is 11.1 Å². The van der Waals surface area contributed by atoms with E-state index < -0.39 is 0 Å². The molecule has 1 unspecified atom stereocenters. The highest BCUT2D eigenvalue weighted by molar-refractivity contribution is 7.98. The maximum atomic E-state index is 12.9. The van der Waals surface area contributed by atoms with E-state index in [1.54, 1.807) is 42.2 Å². The zero-order chi connectivity index (χ0) is 20.1. The molecule has 146 valence electrons. The van der Waals surface area contributed by atoms with Crippen molar-refractivity contribution in [2.75, 3.05) is 12.0 Å². The molecule has 6 nitrogen and oxygen atoms in total. The Hall–Kier alpha value is -2.51. The summed E-state index contributed by atoms with van der Waals surface area (Å²) in [5, 5.41) is 7.96. The number of thioether (sulfide) groups is 1. The van der Waals surface area contributed by atoms with Crippen LogP contribution in [0.4, 0.5) is 5.82 Å². The quantitative estimate of drug-likeness (QED) is 0.555. The van der Waals surface area contributed by atoms with Crippen LogP contribution in [-0.2, 0) is 0 Å². The highest BCUT2D eigenvalue weighted by Gasteiger charge is 2.20. The topological polar surface area (TPSA) is 85.8 Å². The van der Waals surface area contributed by atoms with E-state index in [0.717, 1.165) is 29.0 Å². The number of nitrogens with zero attached hydrogens (tertiary/aromatic N) is 3. The molecule has 0 fully saturated rings. The minimum Gasteiger partial charge on any atom is -0.383 e. The number of hydrogen-bond donors (Lipinski definition) is 2. The number of nitrogens with one attached hydrogen (secondary N) is 1. The summed E-state index contributed by atoms with van der Waals surface area (Å²) in [6.45, 7) is 2.08. The summed E-state index contributed by atoms with van der Waals surface area (Å²) in [6.07, 6.45) is 8.82. The van der Waals surface area contributed by atoms with Gasteiger partial charge in [-0.2, -0.15) is 5.10 Å². The Balaban J connectivity index is 1.83. The van der Waals surface area contributed by atoms with Crippen molar-refractivity contribution in [3.8, 4) is 5.69 Å². The van der Waals surface area contributed by atoms with Crippen molar-refractivity contribution in [2.24, 2.45) is 0 Å². The van der Waals surface area contributed by atoms with Gasteiger partial charge in [-0.1, -0.05) is 24.9 Å². The van der Waals surface area contributed by atoms with Gasteiger partial charge in [0.25, 0.3) is 5.91 Å². The van der Waals surface area contributed by atoms with Gasteiger partial charge < -0.3 is 11.1 Å². The van der Waals surface area contributed by atoms with Crippen LogP contribution in [0.3, 0.4) is 0 Å². The number of pyridine rings is 1. The molecule has 0 saturated heterocycles. The molecule has 28 heavy (non-hydrogen) atoms. The number of benzene rings is 1. The first-order chi connectivity index (χ1) is 13.5. The van der Waals surface area contributed by atoms with Crippen molar-refractivity contribution in [3.05, 3.63) is 65.1 Å². The molecule has 1 aromatic carbocycles. The molecule has 0 bridgehead atoms. The van der Waals surface area contributed by atoms with E-state index in [4.69, 9.17) is 17.3 Å². The molecule has 8 heteroatoms. The third-order valence-corrected chi connectivity index (χ3v) is 5.32. The van der Waals surface area contributed by atoms with Gasteiger partial charge in [-0.15, -0.1) is 11.8 Å². The second kappa shape index (κ2) is 9.12. The van der Waals surface area contributed by atoms with Crippen LogP contribution in [-0.4, -0.2) is 26.9 Å². The predicted molar refractivity (Wildman–Crippen MR) is 114 cm³/mol. The number of carbonyl (C=O) groups excluding carboxylic acids is 1. The zero-order valence-corrected chi connectivity index (χ0v) is 17.3. The van der Waals surface area contributed by atoms with Crippen LogP contribution >= 0.6 is 23.4 Å². The lowest BCUT2D eigenvalue weighted by atomic mass is 10.0. The molecule has 0 aliphatic carbocycles. The molecule has 1 atom stereocenters. The SMILES string of the molecule is CCCC(NC(=O)c1cnn(-c2ccc(Cl)cc2)c1N)c1cncc(SC)c1. The number of nitrogen functional groups attached to an aromatic ring is 1. The molecule has 3 aromatic rings. The lowest BCUT2D eigenvalue weighted by Crippen LogP contribution is -2.29. The van der Waals surface area contributed by atoms with Crippen LogP contribution in [0.5, 0.6) is 0 Å². The fourth-order valence-corrected chi connectivity index (χ4v) is 3.45. The van der Waals surface area contributed by atoms with Crippen molar-refractivity contribution < 1.29 is 4.79 Å². The Morgan fingerprint density at radius 1 is 1.29 bits per heavy atom. The number of carbonyl (C=O) groups is 1. The minimum absolute atomic E-state index is 0.143. The van der Waals surface area contributed by atoms with E-state index in [1.165, 1.54) is 10.9 Å². The van der Waals surface area contributed by atoms with E-state index >= 15 is 0 Å². The van der Waals surface area contributed by atoms with Gasteiger partial charge in [-0.25, -0.2) is 4.68 Å². The third kappa shape index (κ3) is 4.48. The predicted octanol–water partition coefficient (Wildman–Crippen LogP) is 4.50. The molecule has 0 aliphatic heterocycles. The Bertz CT molecular complexity index is 957. The highest BCUT2D eigenvalue weighted by atomic mass is 35.5. The fourth-order valence-electron chi connectivity index (χ4n) is 2.91. The van der Waals surface area contributed by atoms with Crippen molar-refractivity contribution >= 4 is 35.1 Å². The van der Waals surface area contributed by atoms with E-state index in [1.807, 2.05) is 12.5 Å². The van der Waals surface area contributed by atoms with Gasteiger partial charge in [0.15, 0.2) is 0 Å². The van der Waals surface area contributed by atoms with Crippen LogP contribution in [0.2, 0.25) is 5.02 Å². The molecule has 2 heterocycles. The molecule has 0 radical (unpaired) electrons. The van der Waals surface area contributed by atoms with Crippen molar-refractivity contribution in [2.45, 2.75) is 30.7 Å². The largest absolute Gasteiger partial charge is 0.383 e. The summed E-state index contributed by atoms with van der Waals surface area (Å²) in [7, 11) is 0. The number of halogens is 1. The van der Waals surface area contributed by atoms with E-state index in [2.05, 4.69) is 28.4 Å². The number of rotatable bonds is 7. The molecule has 3 N–H and O–H groups in total. The van der Waals surface area contributed by atoms with E-state index in [0.29, 0.717) is 10.6 Å². The minimum atomic E-state index is -0.259. The lowest BCUT2D eigenvalue weighted by molar-refractivity contribution is 0.0935. The molecule has 0 spiro atoms. The van der Waals surface area contributed by atoms with E-state index in [9.17, 15) is 4.79 Å². The Kier molecular flexibility index (Phi) is 6.59. The Labute approximate surface area is 173 Å². The summed E-state index contributed by atoms with van der Waals surface area (Å²) in [4.78, 5) is 18.2. The Morgan fingerprint density at radius 3 is 2.71 bits per heavy atom. The summed E-state index contributed by atoms with van der Waals surface area (Å²) >= 11 is 7.55. The van der Waals surface area contributed by atoms with Gasteiger partial charge in [0, 0.05) is 22.3 Å². The second-order valence-corrected chi connectivity index (χ2v) is 7.62. The average molecular weight is 416 g/mol. The van der Waals surface area contributed by atoms with Crippen molar-refractivity contribution in [1.29, 1.82) is 0 Å². The number of hydrogen-bond acceptors (Lipinski definition) is 5. The van der Waals surface area contributed by atoms with Crippen LogP contribution in [0.15, 0.2) is 53.8 Å². The maximum Gasteiger partial charge on any atom is 0.257 e. The molecule has 2 aromatic heterocycles. The molecular weight excluding hydrogens is 394 g/mol. The first-order valence-corrected chi connectivity index (χ1v) is 10.5. The highest BCUT2D eigenvalue weighted by Crippen LogP contribution is 2.24. The number of anilines is 1. The van der Waals surface area contributed by atoms with Crippen molar-refractivity contribution in [1.82, 2.24) is 20.1 Å². The second-order valence-electron chi connectivity index (χ2n) is 6.30. The van der Waals surface area contributed by atoms with Gasteiger partial charge in [0.05, 0.1) is 17.9 Å². The van der Waals surface area contributed by atoms with Gasteiger partial charge in [0.2, 0.25) is 0 Å². The van der Waals surface area contributed by atoms with Gasteiger partial charge in [-0.3, -0.25) is 9.78 Å². The fraction of sp³-hybridized carbons (Fsp3) is 0.250. The first kappa shape index (κ1) is 20.2.